The molecule has 0 aliphatic carbocycles. The lowest BCUT2D eigenvalue weighted by Gasteiger charge is -2.40. The average molecular weight is 819 g/mol. The Bertz CT molecular complexity index is 1140. The SMILES string of the molecule is CCCCCC=CCC=CCCCCCCCC(=O)OC(COC(=O)CCCCCCCCCCCCCCC)COC1OC(CS(=O)(=O)O)C(O)C(O)C1O. The van der Waals surface area contributed by atoms with Gasteiger partial charge in [-0.25, -0.2) is 0 Å². The van der Waals surface area contributed by atoms with E-state index in [2.05, 4.69) is 38.2 Å². The smallest absolute Gasteiger partial charge is 0.306 e. The van der Waals surface area contributed by atoms with Gasteiger partial charge < -0.3 is 34.3 Å². The number of carbonyl (C=O) groups excluding carboxylic acids is 2. The van der Waals surface area contributed by atoms with Gasteiger partial charge >= 0.3 is 11.9 Å². The fourth-order valence-electron chi connectivity index (χ4n) is 6.59. The number of allylic oxidation sites excluding steroid dienone is 4. The molecule has 6 unspecified atom stereocenters. The molecule has 0 aromatic carbocycles. The zero-order valence-corrected chi connectivity index (χ0v) is 35.6. The normalized spacial score (nSPS) is 20.9. The second-order valence-corrected chi connectivity index (χ2v) is 16.9. The van der Waals surface area contributed by atoms with E-state index < -0.39 is 71.2 Å². The van der Waals surface area contributed by atoms with Crippen molar-refractivity contribution in [2.24, 2.45) is 0 Å². The summed E-state index contributed by atoms with van der Waals surface area (Å²) in [5.41, 5.74) is 0. The number of hydrogen-bond donors (Lipinski definition) is 4. The Morgan fingerprint density at radius 3 is 1.61 bits per heavy atom. The van der Waals surface area contributed by atoms with Crippen molar-refractivity contribution in [2.45, 2.75) is 218 Å². The van der Waals surface area contributed by atoms with Gasteiger partial charge in [0.2, 0.25) is 0 Å². The number of hydrogen-bond acceptors (Lipinski definition) is 11. The van der Waals surface area contributed by atoms with Gasteiger partial charge in [-0.05, 0) is 44.9 Å². The molecule has 0 aromatic rings. The summed E-state index contributed by atoms with van der Waals surface area (Å²) in [6.07, 6.45) is 26.5. The Morgan fingerprint density at radius 2 is 1.07 bits per heavy atom. The Morgan fingerprint density at radius 1 is 0.607 bits per heavy atom. The van der Waals surface area contributed by atoms with E-state index in [-0.39, 0.29) is 19.4 Å². The predicted molar refractivity (Wildman–Crippen MR) is 220 cm³/mol. The maximum absolute atomic E-state index is 12.8. The van der Waals surface area contributed by atoms with Crippen LogP contribution in [0.15, 0.2) is 24.3 Å². The monoisotopic (exact) mass is 819 g/mol. The Hall–Kier alpha value is -1.87. The number of carbonyl (C=O) groups is 2. The maximum atomic E-state index is 12.8. The summed E-state index contributed by atoms with van der Waals surface area (Å²) in [5.74, 6) is -1.99. The van der Waals surface area contributed by atoms with Gasteiger partial charge in [0.15, 0.2) is 12.4 Å². The van der Waals surface area contributed by atoms with E-state index >= 15 is 0 Å². The summed E-state index contributed by atoms with van der Waals surface area (Å²) < 4.78 is 54.0. The molecule has 0 saturated carbocycles. The molecule has 1 rings (SSSR count). The quantitative estimate of drug-likeness (QED) is 0.0205. The summed E-state index contributed by atoms with van der Waals surface area (Å²) in [5, 5.41) is 30.8. The van der Waals surface area contributed by atoms with Crippen molar-refractivity contribution in [1.82, 2.24) is 0 Å². The van der Waals surface area contributed by atoms with Crippen molar-refractivity contribution in [1.29, 1.82) is 0 Å². The van der Waals surface area contributed by atoms with Crippen LogP contribution in [0.25, 0.3) is 0 Å². The second kappa shape index (κ2) is 34.0. The van der Waals surface area contributed by atoms with Crippen LogP contribution in [0.3, 0.4) is 0 Å². The molecule has 1 fully saturated rings. The number of aliphatic hydroxyl groups excluding tert-OH is 3. The summed E-state index contributed by atoms with van der Waals surface area (Å²) in [6.45, 7) is 3.72. The lowest BCUT2D eigenvalue weighted by molar-refractivity contribution is -0.297. The van der Waals surface area contributed by atoms with Crippen LogP contribution in [-0.4, -0.2) is 96.0 Å². The van der Waals surface area contributed by atoms with E-state index in [4.69, 9.17) is 18.9 Å². The summed E-state index contributed by atoms with van der Waals surface area (Å²) in [7, 11) is -4.60. The van der Waals surface area contributed by atoms with E-state index in [9.17, 15) is 37.9 Å². The molecule has 13 heteroatoms. The first-order valence-electron chi connectivity index (χ1n) is 21.9. The van der Waals surface area contributed by atoms with Crippen molar-refractivity contribution >= 4 is 22.1 Å². The molecular formula is C43H78O12S. The van der Waals surface area contributed by atoms with Crippen LogP contribution < -0.4 is 0 Å². The van der Waals surface area contributed by atoms with Crippen LogP contribution in [0.2, 0.25) is 0 Å². The topological polar surface area (TPSA) is 186 Å². The number of ether oxygens (including phenoxy) is 4. The number of rotatable bonds is 36. The van der Waals surface area contributed by atoms with Crippen LogP contribution in [0.1, 0.15) is 181 Å². The molecule has 0 radical (unpaired) electrons. The minimum atomic E-state index is -4.60. The van der Waals surface area contributed by atoms with Crippen molar-refractivity contribution in [3.05, 3.63) is 24.3 Å². The highest BCUT2D eigenvalue weighted by molar-refractivity contribution is 7.85. The van der Waals surface area contributed by atoms with Crippen molar-refractivity contribution < 1.29 is 56.8 Å². The first-order valence-corrected chi connectivity index (χ1v) is 23.5. The number of esters is 2. The number of unbranched alkanes of at least 4 members (excludes halogenated alkanes) is 20. The molecule has 0 spiro atoms. The molecule has 1 aliphatic heterocycles. The molecule has 4 N–H and O–H groups in total. The molecule has 1 saturated heterocycles. The van der Waals surface area contributed by atoms with Crippen molar-refractivity contribution in [3.8, 4) is 0 Å². The van der Waals surface area contributed by atoms with E-state index in [1.165, 1.54) is 77.0 Å². The molecule has 0 aromatic heterocycles. The van der Waals surface area contributed by atoms with Gasteiger partial charge in [0.25, 0.3) is 10.1 Å². The highest BCUT2D eigenvalue weighted by Crippen LogP contribution is 2.24. The van der Waals surface area contributed by atoms with Gasteiger partial charge in [-0.1, -0.05) is 147 Å². The third-order valence-electron chi connectivity index (χ3n) is 10.0. The summed E-state index contributed by atoms with van der Waals surface area (Å²) in [4.78, 5) is 25.3. The molecule has 6 atom stereocenters. The average Bonchev–Trinajstić information content (AvgIpc) is 3.16. The molecule has 56 heavy (non-hydrogen) atoms. The van der Waals surface area contributed by atoms with Gasteiger partial charge in [0.05, 0.1) is 6.61 Å². The van der Waals surface area contributed by atoms with Crippen LogP contribution in [-0.2, 0) is 38.7 Å². The third-order valence-corrected chi connectivity index (χ3v) is 10.8. The summed E-state index contributed by atoms with van der Waals surface area (Å²) >= 11 is 0. The van der Waals surface area contributed by atoms with E-state index in [1.54, 1.807) is 0 Å². The van der Waals surface area contributed by atoms with Gasteiger partial charge in [-0.15, -0.1) is 0 Å². The second-order valence-electron chi connectivity index (χ2n) is 15.4. The Balaban J connectivity index is 2.48. The highest BCUT2D eigenvalue weighted by Gasteiger charge is 2.46. The molecule has 328 valence electrons. The lowest BCUT2D eigenvalue weighted by Crippen LogP contribution is -2.60. The van der Waals surface area contributed by atoms with Crippen LogP contribution >= 0.6 is 0 Å². The number of aliphatic hydroxyl groups is 3. The van der Waals surface area contributed by atoms with E-state index in [1.807, 2.05) is 0 Å². The van der Waals surface area contributed by atoms with Crippen molar-refractivity contribution in [3.63, 3.8) is 0 Å². The molecule has 0 amide bonds. The largest absolute Gasteiger partial charge is 0.462 e. The Kier molecular flexibility index (Phi) is 31.7. The fraction of sp³-hybridized carbons (Fsp3) is 0.860. The zero-order chi connectivity index (χ0) is 41.3. The van der Waals surface area contributed by atoms with Gasteiger partial charge in [-0.2, -0.15) is 8.42 Å². The first-order chi connectivity index (χ1) is 27.0. The summed E-state index contributed by atoms with van der Waals surface area (Å²) in [6, 6.07) is 0. The lowest BCUT2D eigenvalue weighted by atomic mass is 10.00. The zero-order valence-electron chi connectivity index (χ0n) is 34.7. The third kappa shape index (κ3) is 28.5. The molecule has 12 nitrogen and oxygen atoms in total. The van der Waals surface area contributed by atoms with Gasteiger partial charge in [-0.3, -0.25) is 14.1 Å². The molecule has 0 bridgehead atoms. The van der Waals surface area contributed by atoms with Crippen LogP contribution in [0, 0.1) is 0 Å². The first kappa shape index (κ1) is 52.1. The predicted octanol–water partition coefficient (Wildman–Crippen LogP) is 8.45. The minimum absolute atomic E-state index is 0.151. The maximum Gasteiger partial charge on any atom is 0.306 e. The molecule has 1 heterocycles. The standard InChI is InChI=1S/C43H78O12S/c1-3-5-7-9-11-13-15-17-18-20-22-24-26-28-30-32-39(45)54-36(34-53-43-42(48)41(47)40(46)37(55-43)35-56(49,50)51)33-52-38(44)31-29-27-25-23-21-19-16-14-12-10-8-6-4-2/h11,13,17-18,36-37,40-43,46-48H,3-10,12,14-16,19-35H2,1-2H3,(H,49,50,51). The van der Waals surface area contributed by atoms with Crippen LogP contribution in [0.5, 0.6) is 0 Å². The minimum Gasteiger partial charge on any atom is -0.462 e. The van der Waals surface area contributed by atoms with E-state index in [0.29, 0.717) is 12.8 Å². The van der Waals surface area contributed by atoms with Gasteiger partial charge in [0.1, 0.15) is 36.8 Å². The highest BCUT2D eigenvalue weighted by atomic mass is 32.2. The molecular weight excluding hydrogens is 741 g/mol. The van der Waals surface area contributed by atoms with E-state index in [0.717, 1.165) is 64.2 Å². The van der Waals surface area contributed by atoms with Gasteiger partial charge in [0, 0.05) is 12.8 Å². The fourth-order valence-corrected chi connectivity index (χ4v) is 7.28. The molecule has 1 aliphatic rings. The van der Waals surface area contributed by atoms with Crippen molar-refractivity contribution in [2.75, 3.05) is 19.0 Å². The van der Waals surface area contributed by atoms with Crippen LogP contribution in [0.4, 0.5) is 0 Å². The Labute approximate surface area is 338 Å².